The van der Waals surface area contributed by atoms with Gasteiger partial charge in [0.2, 0.25) is 0 Å². The van der Waals surface area contributed by atoms with Crippen LogP contribution in [0.5, 0.6) is 0 Å². The molecule has 0 rings (SSSR count). The van der Waals surface area contributed by atoms with Gasteiger partial charge < -0.3 is 24.8 Å². The van der Waals surface area contributed by atoms with E-state index in [1.165, 1.54) is 0 Å². The van der Waals surface area contributed by atoms with Gasteiger partial charge in [-0.05, 0) is 0 Å². The Balaban J connectivity index is 0. The molecule has 0 saturated heterocycles. The summed E-state index contributed by atoms with van der Waals surface area (Å²) < 4.78 is 0. The van der Waals surface area contributed by atoms with E-state index in [-0.39, 0.29) is 82.0 Å². The molecule has 0 radical (unpaired) electrons. The molecule has 0 aromatic rings. The van der Waals surface area contributed by atoms with Crippen molar-refractivity contribution in [2.75, 3.05) is 0 Å². The summed E-state index contributed by atoms with van der Waals surface area (Å²) in [6.07, 6.45) is 0. The molecule has 0 saturated carbocycles. The molecule has 0 unspecified atom stereocenters. The van der Waals surface area contributed by atoms with E-state index in [2.05, 4.69) is 0 Å². The molecule has 0 aromatic carbocycles. The Labute approximate surface area is 80.7 Å². The molecule has 0 N–H and O–H groups in total. The summed E-state index contributed by atoms with van der Waals surface area (Å²) in [5.74, 6) is 0. The van der Waals surface area contributed by atoms with Gasteiger partial charge in [-0.15, -0.1) is 0 Å². The largest absolute Gasteiger partial charge is 2.00 e. The third-order valence-corrected chi connectivity index (χ3v) is 0. The molecule has 0 amide bonds. The van der Waals surface area contributed by atoms with Gasteiger partial charge in [-0.3, -0.25) is 0 Å². The molecule has 20 valence electrons. The van der Waals surface area contributed by atoms with E-state index in [1.54, 1.807) is 0 Å². The number of hydrogen-bond acceptors (Lipinski definition) is 0. The van der Waals surface area contributed by atoms with Crippen molar-refractivity contribution in [3.05, 3.63) is 0 Å². The quantitative estimate of drug-likeness (QED) is 0.324. The smallest absolute Gasteiger partial charge is 1.00 e. The molecule has 0 aliphatic rings. The van der Waals surface area contributed by atoms with Gasteiger partial charge in [0.25, 0.3) is 0 Å². The van der Waals surface area contributed by atoms with E-state index in [4.69, 9.17) is 0 Å². The maximum absolute atomic E-state index is 0. The summed E-state index contributed by atoms with van der Waals surface area (Å²) in [5, 5.41) is 0. The van der Waals surface area contributed by atoms with Crippen LogP contribution in [0.3, 0.4) is 0 Å². The zero-order chi connectivity index (χ0) is 0. The van der Waals surface area contributed by atoms with Crippen LogP contribution in [-0.4, -0.2) is 37.7 Å². The maximum atomic E-state index is 0. The molecule has 4 heteroatoms. The van der Waals surface area contributed by atoms with Crippen LogP contribution in [-0.2, 0) is 19.5 Å². The Hall–Kier alpha value is 2.46. The Kier molecular flexibility index (Phi) is 143. The van der Waals surface area contributed by atoms with Gasteiger partial charge >= 0.3 is 57.2 Å². The van der Waals surface area contributed by atoms with Gasteiger partial charge in [-0.1, -0.05) is 0 Å². The molecular weight excluding hydrogens is 176 g/mol. The first-order valence-corrected chi connectivity index (χ1v) is 0. The maximum Gasteiger partial charge on any atom is 2.00 e. The van der Waals surface area contributed by atoms with Gasteiger partial charge in [0.05, 0.1) is 0 Å². The predicted octanol–water partition coefficient (Wildman–Crippen LogP) is -6.91. The molecule has 0 spiro atoms. The molecule has 0 fully saturated rings. The number of hydrogen-bond donors (Lipinski definition) is 0. The number of rotatable bonds is 0. The average Bonchev–Trinajstić information content (AvgIpc) is 0. The van der Waals surface area contributed by atoms with Gasteiger partial charge in [-0.2, -0.15) is 0 Å². The van der Waals surface area contributed by atoms with Crippen molar-refractivity contribution < 1.29 is 44.3 Å². The second-order valence-electron chi connectivity index (χ2n) is 0. The first-order chi connectivity index (χ1) is 0. The van der Waals surface area contributed by atoms with Crippen LogP contribution in [0, 0.1) is 0 Å². The second-order valence-corrected chi connectivity index (χ2v) is 0. The first kappa shape index (κ1) is 31.8. The van der Waals surface area contributed by atoms with Crippen molar-refractivity contribution in [3.63, 3.8) is 0 Å². The van der Waals surface area contributed by atoms with Crippen molar-refractivity contribution in [1.82, 2.24) is 0 Å². The summed E-state index contributed by atoms with van der Waals surface area (Å²) in [6.45, 7) is 0. The van der Waals surface area contributed by atoms with Crippen molar-refractivity contribution in [2.45, 2.75) is 0 Å². The second kappa shape index (κ2) is 17.9. The third kappa shape index (κ3) is 8.82. The summed E-state index contributed by atoms with van der Waals surface area (Å²) >= 11 is 0. The molecule has 0 atom stereocenters. The van der Waals surface area contributed by atoms with Crippen LogP contribution in [0.1, 0.15) is 0 Å². The van der Waals surface area contributed by atoms with Gasteiger partial charge in [-0.25, -0.2) is 0 Å². The topological polar surface area (TPSA) is 0 Å². The average molecular weight is 178 g/mol. The molecule has 0 bridgehead atoms. The summed E-state index contributed by atoms with van der Waals surface area (Å²) in [6, 6.07) is 0. The van der Waals surface area contributed by atoms with Crippen molar-refractivity contribution in [1.29, 1.82) is 0 Å². The van der Waals surface area contributed by atoms with E-state index < -0.39 is 0 Å². The molecule has 4 heavy (non-hydrogen) atoms. The normalized spacial score (nSPS) is 0. The molecular formula is H2CaCl2Zn. The van der Waals surface area contributed by atoms with Crippen molar-refractivity contribution >= 4 is 37.7 Å². The summed E-state index contributed by atoms with van der Waals surface area (Å²) in [4.78, 5) is 0. The van der Waals surface area contributed by atoms with Crippen LogP contribution in [0.15, 0.2) is 0 Å². The monoisotopic (exact) mass is 176 g/mol. The van der Waals surface area contributed by atoms with E-state index in [9.17, 15) is 0 Å². The minimum atomic E-state index is 0. The molecule has 0 heterocycles. The fourth-order valence-electron chi connectivity index (χ4n) is 0. The predicted molar refractivity (Wildman–Crippen MR) is 8.54 cm³/mol. The Morgan fingerprint density at radius 2 is 0.750 bits per heavy atom. The summed E-state index contributed by atoms with van der Waals surface area (Å²) in [7, 11) is 0. The van der Waals surface area contributed by atoms with Crippen LogP contribution < -0.4 is 24.8 Å². The zero-order valence-electron chi connectivity index (χ0n) is 1.46. The van der Waals surface area contributed by atoms with E-state index >= 15 is 0 Å². The first-order valence-electron chi connectivity index (χ1n) is 0. The van der Waals surface area contributed by atoms with Crippen LogP contribution >= 0.6 is 0 Å². The Bertz CT molecular complexity index is 6.00. The van der Waals surface area contributed by atoms with E-state index in [0.29, 0.717) is 0 Å². The van der Waals surface area contributed by atoms with E-state index in [1.807, 2.05) is 0 Å². The van der Waals surface area contributed by atoms with Gasteiger partial charge in [0, 0.05) is 0 Å². The third-order valence-electron chi connectivity index (χ3n) is 0. The van der Waals surface area contributed by atoms with Crippen LogP contribution in [0.2, 0.25) is 0 Å². The van der Waals surface area contributed by atoms with Crippen molar-refractivity contribution in [3.8, 4) is 0 Å². The molecule has 0 aliphatic heterocycles. The van der Waals surface area contributed by atoms with Crippen LogP contribution in [0.25, 0.3) is 0 Å². The van der Waals surface area contributed by atoms with Gasteiger partial charge in [0.15, 0.2) is 0 Å². The SMILES string of the molecule is [CaH2].[Cl-].[Cl-].[Zn+2]. The minimum Gasteiger partial charge on any atom is -1.00 e. The van der Waals surface area contributed by atoms with Crippen molar-refractivity contribution in [2.24, 2.45) is 0 Å². The summed E-state index contributed by atoms with van der Waals surface area (Å²) in [5.41, 5.74) is 0. The van der Waals surface area contributed by atoms with E-state index in [0.717, 1.165) is 0 Å². The Morgan fingerprint density at radius 3 is 0.750 bits per heavy atom. The van der Waals surface area contributed by atoms with Crippen LogP contribution in [0.4, 0.5) is 0 Å². The zero-order valence-corrected chi connectivity index (χ0v) is 5.94. The Morgan fingerprint density at radius 1 is 0.750 bits per heavy atom. The molecule has 0 aliphatic carbocycles. The van der Waals surface area contributed by atoms with Gasteiger partial charge in [0.1, 0.15) is 0 Å². The minimum absolute atomic E-state index is 0. The fourth-order valence-corrected chi connectivity index (χ4v) is 0. The molecule has 0 aromatic heterocycles. The standard InChI is InChI=1S/Ca.2ClH.Zn.2H/h;2*1H;;;/q;;;+2;;/p-2. The number of halogens is 2. The molecule has 0 nitrogen and oxygen atoms in total. The fraction of sp³-hybridized carbons (Fsp3) is 0.